The van der Waals surface area contributed by atoms with Crippen molar-refractivity contribution in [3.05, 3.63) is 35.4 Å². The first-order chi connectivity index (χ1) is 8.20. The molecule has 1 N–H and O–H groups in total. The third-order valence-corrected chi connectivity index (χ3v) is 2.36. The third-order valence-electron chi connectivity index (χ3n) is 2.36. The minimum Gasteiger partial charge on any atom is -0.334 e. The smallest absolute Gasteiger partial charge is 0.260 e. The maximum absolute atomic E-state index is 13.7. The number of benzene rings is 1. The monoisotopic (exact) mass is 235 g/mol. The summed E-state index contributed by atoms with van der Waals surface area (Å²) in [5, 5.41) is 6.85. The van der Waals surface area contributed by atoms with Crippen LogP contribution in [0.25, 0.3) is 11.5 Å². The van der Waals surface area contributed by atoms with Crippen LogP contribution in [-0.4, -0.2) is 16.7 Å². The van der Waals surface area contributed by atoms with Gasteiger partial charge in [-0.05, 0) is 31.2 Å². The van der Waals surface area contributed by atoms with Gasteiger partial charge in [0.25, 0.3) is 5.89 Å². The van der Waals surface area contributed by atoms with Gasteiger partial charge in [-0.1, -0.05) is 18.1 Å². The van der Waals surface area contributed by atoms with Crippen molar-refractivity contribution in [2.75, 3.05) is 6.54 Å². The highest BCUT2D eigenvalue weighted by molar-refractivity contribution is 5.54. The van der Waals surface area contributed by atoms with E-state index in [-0.39, 0.29) is 11.7 Å². The van der Waals surface area contributed by atoms with Crippen LogP contribution in [0, 0.1) is 12.7 Å². The van der Waals surface area contributed by atoms with Crippen molar-refractivity contribution in [2.45, 2.75) is 20.4 Å². The van der Waals surface area contributed by atoms with Crippen molar-refractivity contribution >= 4 is 0 Å². The summed E-state index contributed by atoms with van der Waals surface area (Å²) in [4.78, 5) is 4.13. The van der Waals surface area contributed by atoms with Crippen molar-refractivity contribution in [3.8, 4) is 11.5 Å². The molecule has 0 amide bonds. The van der Waals surface area contributed by atoms with Gasteiger partial charge in [-0.15, -0.1) is 0 Å². The standard InChI is InChI=1S/C12H14FN3O/c1-3-14-7-11-15-12(17-16-11)9-5-4-8(2)6-10(9)13/h4-6,14H,3,7H2,1-2H3. The van der Waals surface area contributed by atoms with Crippen LogP contribution in [0.3, 0.4) is 0 Å². The van der Waals surface area contributed by atoms with Crippen LogP contribution < -0.4 is 5.32 Å². The highest BCUT2D eigenvalue weighted by Crippen LogP contribution is 2.21. The van der Waals surface area contributed by atoms with E-state index in [1.807, 2.05) is 19.9 Å². The van der Waals surface area contributed by atoms with Crippen molar-refractivity contribution in [3.63, 3.8) is 0 Å². The van der Waals surface area contributed by atoms with E-state index in [4.69, 9.17) is 4.52 Å². The highest BCUT2D eigenvalue weighted by atomic mass is 19.1. The van der Waals surface area contributed by atoms with Crippen LogP contribution in [0.15, 0.2) is 22.7 Å². The molecule has 90 valence electrons. The van der Waals surface area contributed by atoms with Gasteiger partial charge in [0.1, 0.15) is 5.82 Å². The molecule has 0 spiro atoms. The second-order valence-electron chi connectivity index (χ2n) is 3.78. The van der Waals surface area contributed by atoms with Gasteiger partial charge in [0.05, 0.1) is 12.1 Å². The summed E-state index contributed by atoms with van der Waals surface area (Å²) in [7, 11) is 0. The van der Waals surface area contributed by atoms with E-state index in [0.29, 0.717) is 17.9 Å². The van der Waals surface area contributed by atoms with Crippen LogP contribution in [0.1, 0.15) is 18.3 Å². The molecule has 17 heavy (non-hydrogen) atoms. The topological polar surface area (TPSA) is 51.0 Å². The molecule has 0 saturated heterocycles. The molecule has 0 bridgehead atoms. The Kier molecular flexibility index (Phi) is 3.49. The summed E-state index contributed by atoms with van der Waals surface area (Å²) in [6.07, 6.45) is 0. The molecule has 5 heteroatoms. The lowest BCUT2D eigenvalue weighted by Gasteiger charge is -1.98. The molecule has 1 aromatic carbocycles. The Labute approximate surface area is 98.8 Å². The second-order valence-corrected chi connectivity index (χ2v) is 3.78. The van der Waals surface area contributed by atoms with Gasteiger partial charge in [0, 0.05) is 0 Å². The van der Waals surface area contributed by atoms with E-state index in [1.165, 1.54) is 6.07 Å². The fourth-order valence-electron chi connectivity index (χ4n) is 1.47. The number of aromatic nitrogens is 2. The van der Waals surface area contributed by atoms with Crippen LogP contribution in [0.2, 0.25) is 0 Å². The van der Waals surface area contributed by atoms with E-state index in [0.717, 1.165) is 12.1 Å². The number of hydrogen-bond donors (Lipinski definition) is 1. The zero-order chi connectivity index (χ0) is 12.3. The summed E-state index contributed by atoms with van der Waals surface area (Å²) in [6.45, 7) is 5.16. The lowest BCUT2D eigenvalue weighted by Crippen LogP contribution is -2.12. The summed E-state index contributed by atoms with van der Waals surface area (Å²) in [6, 6.07) is 4.91. The predicted octanol–water partition coefficient (Wildman–Crippen LogP) is 2.29. The molecule has 0 aliphatic rings. The van der Waals surface area contributed by atoms with Crippen LogP contribution in [-0.2, 0) is 6.54 Å². The van der Waals surface area contributed by atoms with Crippen LogP contribution in [0.4, 0.5) is 4.39 Å². The average molecular weight is 235 g/mol. The fraction of sp³-hybridized carbons (Fsp3) is 0.333. The van der Waals surface area contributed by atoms with Crippen molar-refractivity contribution in [2.24, 2.45) is 0 Å². The average Bonchev–Trinajstić information content (AvgIpc) is 2.75. The molecule has 2 aromatic rings. The minimum atomic E-state index is -0.344. The first-order valence-corrected chi connectivity index (χ1v) is 5.50. The molecule has 0 radical (unpaired) electrons. The Hall–Kier alpha value is -1.75. The second kappa shape index (κ2) is 5.05. The Morgan fingerprint density at radius 3 is 2.94 bits per heavy atom. The molecule has 0 fully saturated rings. The SMILES string of the molecule is CCNCc1noc(-c2ccc(C)cc2F)n1. The van der Waals surface area contributed by atoms with E-state index in [2.05, 4.69) is 15.5 Å². The summed E-state index contributed by atoms with van der Waals surface area (Å²) in [5.41, 5.74) is 1.20. The van der Waals surface area contributed by atoms with Gasteiger partial charge >= 0.3 is 0 Å². The molecule has 2 rings (SSSR count). The first kappa shape index (κ1) is 11.7. The third kappa shape index (κ3) is 2.68. The number of aryl methyl sites for hydroxylation is 1. The van der Waals surface area contributed by atoms with Crippen molar-refractivity contribution < 1.29 is 8.91 Å². The van der Waals surface area contributed by atoms with Crippen molar-refractivity contribution in [1.82, 2.24) is 15.5 Å². The maximum Gasteiger partial charge on any atom is 0.260 e. The van der Waals surface area contributed by atoms with Gasteiger partial charge in [0.2, 0.25) is 0 Å². The lowest BCUT2D eigenvalue weighted by molar-refractivity contribution is 0.417. The summed E-state index contributed by atoms with van der Waals surface area (Å²) < 4.78 is 18.7. The molecule has 0 unspecified atom stereocenters. The van der Waals surface area contributed by atoms with E-state index in [9.17, 15) is 4.39 Å². The molecule has 0 atom stereocenters. The number of halogens is 1. The number of nitrogens with one attached hydrogen (secondary N) is 1. The fourth-order valence-corrected chi connectivity index (χ4v) is 1.47. The molecule has 1 heterocycles. The van der Waals surface area contributed by atoms with Gasteiger partial charge in [-0.25, -0.2) is 4.39 Å². The Morgan fingerprint density at radius 2 is 2.24 bits per heavy atom. The molecule has 1 aromatic heterocycles. The number of rotatable bonds is 4. The van der Waals surface area contributed by atoms with Gasteiger partial charge in [-0.2, -0.15) is 4.98 Å². The largest absolute Gasteiger partial charge is 0.334 e. The van der Waals surface area contributed by atoms with Crippen molar-refractivity contribution in [1.29, 1.82) is 0 Å². The zero-order valence-electron chi connectivity index (χ0n) is 9.83. The van der Waals surface area contributed by atoms with E-state index < -0.39 is 0 Å². The first-order valence-electron chi connectivity index (χ1n) is 5.50. The summed E-state index contributed by atoms with van der Waals surface area (Å²) >= 11 is 0. The Balaban J connectivity index is 2.24. The minimum absolute atomic E-state index is 0.218. The quantitative estimate of drug-likeness (QED) is 0.883. The number of nitrogens with zero attached hydrogens (tertiary/aromatic N) is 2. The van der Waals surface area contributed by atoms with E-state index >= 15 is 0 Å². The van der Waals surface area contributed by atoms with E-state index in [1.54, 1.807) is 6.07 Å². The van der Waals surface area contributed by atoms with Crippen LogP contribution in [0.5, 0.6) is 0 Å². The normalized spacial score (nSPS) is 10.8. The predicted molar refractivity (Wildman–Crippen MR) is 61.8 cm³/mol. The molecular formula is C12H14FN3O. The number of hydrogen-bond acceptors (Lipinski definition) is 4. The molecule has 0 aliphatic heterocycles. The highest BCUT2D eigenvalue weighted by Gasteiger charge is 2.12. The van der Waals surface area contributed by atoms with Gasteiger partial charge in [-0.3, -0.25) is 0 Å². The zero-order valence-corrected chi connectivity index (χ0v) is 9.83. The van der Waals surface area contributed by atoms with Crippen LogP contribution >= 0.6 is 0 Å². The van der Waals surface area contributed by atoms with Gasteiger partial charge < -0.3 is 9.84 Å². The molecular weight excluding hydrogens is 221 g/mol. The molecule has 0 saturated carbocycles. The lowest BCUT2D eigenvalue weighted by atomic mass is 10.1. The van der Waals surface area contributed by atoms with Gasteiger partial charge in [0.15, 0.2) is 5.82 Å². The Morgan fingerprint density at radius 1 is 1.41 bits per heavy atom. The maximum atomic E-state index is 13.7. The Bertz CT molecular complexity index is 510. The molecule has 4 nitrogen and oxygen atoms in total. The molecule has 0 aliphatic carbocycles. The summed E-state index contributed by atoms with van der Waals surface area (Å²) in [5.74, 6) is 0.404.